The third-order valence-corrected chi connectivity index (χ3v) is 7.51. The van der Waals surface area contributed by atoms with Crippen LogP contribution in [0.2, 0.25) is 0 Å². The minimum atomic E-state index is -0.969. The Morgan fingerprint density at radius 1 is 1.12 bits per heavy atom. The minimum Gasteiger partial charge on any atom is -0.468 e. The number of ketones is 1. The summed E-state index contributed by atoms with van der Waals surface area (Å²) >= 11 is 1.52. The van der Waals surface area contributed by atoms with Crippen molar-refractivity contribution in [2.75, 3.05) is 14.2 Å². The molecule has 1 aromatic heterocycles. The molecular weight excluding hydrogens is 438 g/mol. The Labute approximate surface area is 197 Å². The molecule has 1 aliphatic carbocycles. The number of Topliss-reactive ketones (excluding diaryl/α,β-unsaturated/α-hetero) is 1. The second-order valence-electron chi connectivity index (χ2n) is 8.27. The maximum Gasteiger partial charge on any atom is 0.336 e. The number of hydrogen-bond acceptors (Lipinski definition) is 7. The lowest BCUT2D eigenvalue weighted by atomic mass is 9.68. The van der Waals surface area contributed by atoms with Crippen LogP contribution >= 0.6 is 11.3 Å². The monoisotopic (exact) mass is 465 g/mol. The highest BCUT2D eigenvalue weighted by Gasteiger charge is 2.49. The van der Waals surface area contributed by atoms with E-state index in [1.54, 1.807) is 0 Å². The Morgan fingerprint density at radius 2 is 1.85 bits per heavy atom. The molecule has 2 aliphatic rings. The molecule has 172 valence electrons. The van der Waals surface area contributed by atoms with Crippen LogP contribution in [0.15, 0.2) is 64.3 Å². The molecule has 0 radical (unpaired) electrons. The molecule has 4 rings (SSSR count). The first-order valence-corrected chi connectivity index (χ1v) is 11.8. The maximum atomic E-state index is 14.0. The number of methoxy groups -OCH3 is 2. The molecule has 3 atom stereocenters. The molecule has 1 aliphatic heterocycles. The fourth-order valence-corrected chi connectivity index (χ4v) is 5.73. The first-order valence-electron chi connectivity index (χ1n) is 10.9. The summed E-state index contributed by atoms with van der Waals surface area (Å²) in [5.74, 6) is -3.29. The SMILES string of the molecule is CCc1ccc([C@@H]2C(C(=O)OC)=C(C)NC3=C2C(=O)[C@@H](C(=O)OC)[C@H](c2cccs2)C3)cc1. The van der Waals surface area contributed by atoms with E-state index in [4.69, 9.17) is 9.47 Å². The molecule has 0 saturated heterocycles. The first-order chi connectivity index (χ1) is 15.9. The Kier molecular flexibility index (Phi) is 6.51. The van der Waals surface area contributed by atoms with Crippen molar-refractivity contribution in [3.05, 3.63) is 80.3 Å². The van der Waals surface area contributed by atoms with Gasteiger partial charge in [0, 0.05) is 33.7 Å². The van der Waals surface area contributed by atoms with E-state index in [9.17, 15) is 14.4 Å². The highest BCUT2D eigenvalue weighted by Crippen LogP contribution is 2.48. The summed E-state index contributed by atoms with van der Waals surface area (Å²) < 4.78 is 10.1. The van der Waals surface area contributed by atoms with Crippen molar-refractivity contribution in [2.45, 2.75) is 38.5 Å². The molecule has 1 aromatic carbocycles. The molecule has 6 nitrogen and oxygen atoms in total. The second kappa shape index (κ2) is 9.35. The smallest absolute Gasteiger partial charge is 0.336 e. The van der Waals surface area contributed by atoms with Crippen LogP contribution in [0.25, 0.3) is 0 Å². The van der Waals surface area contributed by atoms with Crippen molar-refractivity contribution in [2.24, 2.45) is 5.92 Å². The molecule has 0 unspecified atom stereocenters. The number of carbonyl (C=O) groups is 3. The number of ether oxygens (including phenoxy) is 2. The molecule has 0 spiro atoms. The van der Waals surface area contributed by atoms with Gasteiger partial charge in [-0.05, 0) is 42.3 Å². The van der Waals surface area contributed by atoms with Crippen molar-refractivity contribution >= 4 is 29.1 Å². The van der Waals surface area contributed by atoms with Gasteiger partial charge in [0.1, 0.15) is 5.92 Å². The lowest BCUT2D eigenvalue weighted by Crippen LogP contribution is -2.43. The molecule has 0 fully saturated rings. The van der Waals surface area contributed by atoms with Gasteiger partial charge in [-0.25, -0.2) is 4.79 Å². The van der Waals surface area contributed by atoms with E-state index in [1.807, 2.05) is 48.7 Å². The zero-order valence-electron chi connectivity index (χ0n) is 19.1. The number of benzene rings is 1. The third-order valence-electron chi connectivity index (χ3n) is 6.51. The topological polar surface area (TPSA) is 81.7 Å². The van der Waals surface area contributed by atoms with Gasteiger partial charge in [-0.1, -0.05) is 37.3 Å². The van der Waals surface area contributed by atoms with Crippen molar-refractivity contribution in [3.63, 3.8) is 0 Å². The van der Waals surface area contributed by atoms with Gasteiger partial charge in [-0.2, -0.15) is 0 Å². The molecule has 0 saturated carbocycles. The van der Waals surface area contributed by atoms with Crippen LogP contribution < -0.4 is 5.32 Å². The number of allylic oxidation sites excluding steroid dienone is 3. The molecular formula is C26H27NO5S. The number of hydrogen-bond donors (Lipinski definition) is 1. The zero-order valence-corrected chi connectivity index (χ0v) is 20.0. The predicted octanol–water partition coefficient (Wildman–Crippen LogP) is 4.24. The number of dihydropyridines is 1. The normalized spacial score (nSPS) is 22.5. The maximum absolute atomic E-state index is 14.0. The van der Waals surface area contributed by atoms with E-state index in [0.29, 0.717) is 23.3 Å². The highest BCUT2D eigenvalue weighted by atomic mass is 32.1. The Bertz CT molecular complexity index is 1140. The zero-order chi connectivity index (χ0) is 23.7. The fourth-order valence-electron chi connectivity index (χ4n) is 4.86. The Hall–Kier alpha value is -3.19. The van der Waals surface area contributed by atoms with Crippen molar-refractivity contribution in [3.8, 4) is 0 Å². The largest absolute Gasteiger partial charge is 0.468 e. The average Bonchev–Trinajstić information content (AvgIpc) is 3.37. The number of carbonyl (C=O) groups excluding carboxylic acids is 3. The van der Waals surface area contributed by atoms with Gasteiger partial charge in [0.2, 0.25) is 0 Å². The molecule has 0 bridgehead atoms. The van der Waals surface area contributed by atoms with E-state index in [-0.39, 0.29) is 11.7 Å². The number of nitrogens with one attached hydrogen (secondary N) is 1. The van der Waals surface area contributed by atoms with Gasteiger partial charge in [0.15, 0.2) is 5.78 Å². The van der Waals surface area contributed by atoms with Crippen molar-refractivity contribution < 1.29 is 23.9 Å². The lowest BCUT2D eigenvalue weighted by Gasteiger charge is -2.39. The van der Waals surface area contributed by atoms with Gasteiger partial charge in [-0.15, -0.1) is 11.3 Å². The number of aryl methyl sites for hydroxylation is 1. The van der Waals surface area contributed by atoms with Crippen LogP contribution in [-0.4, -0.2) is 31.9 Å². The predicted molar refractivity (Wildman–Crippen MR) is 126 cm³/mol. The van der Waals surface area contributed by atoms with Gasteiger partial charge in [0.05, 0.1) is 19.8 Å². The quantitative estimate of drug-likeness (QED) is 0.525. The average molecular weight is 466 g/mol. The third kappa shape index (κ3) is 4.02. The summed E-state index contributed by atoms with van der Waals surface area (Å²) in [6.45, 7) is 3.89. The molecule has 7 heteroatoms. The van der Waals surface area contributed by atoms with Crippen LogP contribution in [0, 0.1) is 5.92 Å². The summed E-state index contributed by atoms with van der Waals surface area (Å²) in [7, 11) is 2.63. The molecule has 0 amide bonds. The van der Waals surface area contributed by atoms with Crippen LogP contribution in [0.4, 0.5) is 0 Å². The van der Waals surface area contributed by atoms with Crippen LogP contribution in [0.1, 0.15) is 48.1 Å². The van der Waals surface area contributed by atoms with Gasteiger partial charge < -0.3 is 14.8 Å². The Morgan fingerprint density at radius 3 is 2.42 bits per heavy atom. The summed E-state index contributed by atoms with van der Waals surface area (Å²) in [4.78, 5) is 40.6. The highest BCUT2D eigenvalue weighted by molar-refractivity contribution is 7.10. The van der Waals surface area contributed by atoms with E-state index >= 15 is 0 Å². The van der Waals surface area contributed by atoms with Crippen molar-refractivity contribution in [1.29, 1.82) is 0 Å². The number of rotatable bonds is 5. The first kappa shape index (κ1) is 23.0. The van der Waals surface area contributed by atoms with Gasteiger partial charge >= 0.3 is 11.9 Å². The summed E-state index contributed by atoms with van der Waals surface area (Å²) in [5, 5.41) is 5.23. The van der Waals surface area contributed by atoms with E-state index < -0.39 is 23.8 Å². The molecule has 2 heterocycles. The summed E-state index contributed by atoms with van der Waals surface area (Å²) in [5.41, 5.74) is 4.18. The summed E-state index contributed by atoms with van der Waals surface area (Å²) in [6.07, 6.45) is 1.35. The number of esters is 2. The van der Waals surface area contributed by atoms with Crippen LogP contribution in [-0.2, 0) is 30.3 Å². The number of thiophene rings is 1. The van der Waals surface area contributed by atoms with Crippen molar-refractivity contribution in [1.82, 2.24) is 5.32 Å². The van der Waals surface area contributed by atoms with Gasteiger partial charge in [0.25, 0.3) is 0 Å². The lowest BCUT2D eigenvalue weighted by molar-refractivity contribution is -0.149. The van der Waals surface area contributed by atoms with Crippen LogP contribution in [0.5, 0.6) is 0 Å². The van der Waals surface area contributed by atoms with Crippen LogP contribution in [0.3, 0.4) is 0 Å². The van der Waals surface area contributed by atoms with E-state index in [2.05, 4.69) is 12.2 Å². The molecule has 2 aromatic rings. The summed E-state index contributed by atoms with van der Waals surface area (Å²) in [6, 6.07) is 11.7. The molecule has 1 N–H and O–H groups in total. The second-order valence-corrected chi connectivity index (χ2v) is 9.25. The standard InChI is InChI=1S/C26H27NO5S/c1-5-15-8-10-16(11-9-15)21-20(25(29)31-3)14(2)27-18-13-17(19-7-6-12-33-19)22(26(30)32-4)24(28)23(18)21/h6-12,17,21-22,27H,5,13H2,1-4H3/t17-,21+,22-/m0/s1. The van der Waals surface area contributed by atoms with E-state index in [0.717, 1.165) is 28.1 Å². The fraction of sp³-hybridized carbons (Fsp3) is 0.346. The van der Waals surface area contributed by atoms with Gasteiger partial charge in [-0.3, -0.25) is 9.59 Å². The minimum absolute atomic E-state index is 0.313. The van der Waals surface area contributed by atoms with E-state index in [1.165, 1.54) is 25.6 Å². The Balaban J connectivity index is 1.89. The molecule has 33 heavy (non-hydrogen) atoms.